The van der Waals surface area contributed by atoms with E-state index in [1.165, 1.54) is 18.4 Å². The fourth-order valence-corrected chi connectivity index (χ4v) is 2.73. The maximum Gasteiger partial charge on any atom is 0.264 e. The van der Waals surface area contributed by atoms with Gasteiger partial charge in [0.25, 0.3) is 11.8 Å². The first-order valence-corrected chi connectivity index (χ1v) is 7.16. The van der Waals surface area contributed by atoms with Crippen molar-refractivity contribution in [2.24, 2.45) is 0 Å². The van der Waals surface area contributed by atoms with Crippen molar-refractivity contribution in [3.63, 3.8) is 0 Å². The number of nitrogens with zero attached hydrogens (tertiary/aromatic N) is 2. The lowest BCUT2D eigenvalue weighted by molar-refractivity contribution is -0.142. The molecule has 2 rings (SSSR count). The highest BCUT2D eigenvalue weighted by Crippen LogP contribution is 2.14. The molecule has 1 unspecified atom stereocenters. The largest absolute Gasteiger partial charge is 0.372 e. The summed E-state index contributed by atoms with van der Waals surface area (Å²) in [5.74, 6) is 0.0487. The van der Waals surface area contributed by atoms with Crippen molar-refractivity contribution in [2.75, 3.05) is 33.3 Å². The standard InChI is InChI=1S/C13H18N2O3S/c1-10(18-2)12(16)14-5-7-15(8-6-14)13(17)11-4-3-9-19-11/h3-4,9-10H,5-8H2,1-2H3. The highest BCUT2D eigenvalue weighted by molar-refractivity contribution is 7.12. The molecule has 0 radical (unpaired) electrons. The van der Waals surface area contributed by atoms with Crippen LogP contribution in [-0.4, -0.2) is 61.0 Å². The summed E-state index contributed by atoms with van der Waals surface area (Å²) >= 11 is 1.45. The maximum atomic E-state index is 12.1. The second-order valence-corrected chi connectivity index (χ2v) is 5.42. The average Bonchev–Trinajstić information content (AvgIpc) is 2.99. The minimum atomic E-state index is -0.417. The molecule has 6 heteroatoms. The number of ether oxygens (including phenoxy) is 1. The molecular formula is C13H18N2O3S. The molecule has 1 fully saturated rings. The van der Waals surface area contributed by atoms with E-state index in [0.29, 0.717) is 26.2 Å². The minimum Gasteiger partial charge on any atom is -0.372 e. The highest BCUT2D eigenvalue weighted by Gasteiger charge is 2.27. The van der Waals surface area contributed by atoms with E-state index < -0.39 is 6.10 Å². The Morgan fingerprint density at radius 3 is 2.42 bits per heavy atom. The molecule has 2 amide bonds. The molecule has 0 bridgehead atoms. The Morgan fingerprint density at radius 1 is 1.26 bits per heavy atom. The molecule has 0 spiro atoms. The van der Waals surface area contributed by atoms with Crippen LogP contribution in [0.2, 0.25) is 0 Å². The number of piperazine rings is 1. The van der Waals surface area contributed by atoms with Crippen molar-refractivity contribution >= 4 is 23.2 Å². The molecule has 104 valence electrons. The van der Waals surface area contributed by atoms with Gasteiger partial charge in [0.2, 0.25) is 0 Å². The molecule has 1 atom stereocenters. The minimum absolute atomic E-state index is 0.00859. The SMILES string of the molecule is COC(C)C(=O)N1CCN(C(=O)c2cccs2)CC1. The lowest BCUT2D eigenvalue weighted by atomic mass is 10.2. The number of thiophene rings is 1. The third kappa shape index (κ3) is 3.13. The fraction of sp³-hybridized carbons (Fsp3) is 0.538. The molecule has 0 saturated carbocycles. The van der Waals surface area contributed by atoms with Crippen molar-refractivity contribution in [3.05, 3.63) is 22.4 Å². The van der Waals surface area contributed by atoms with Crippen LogP contribution in [0, 0.1) is 0 Å². The quantitative estimate of drug-likeness (QED) is 0.833. The number of rotatable bonds is 3. The van der Waals surface area contributed by atoms with E-state index in [4.69, 9.17) is 4.74 Å². The topological polar surface area (TPSA) is 49.9 Å². The van der Waals surface area contributed by atoms with Crippen LogP contribution in [0.1, 0.15) is 16.6 Å². The molecule has 1 aliphatic heterocycles. The summed E-state index contributed by atoms with van der Waals surface area (Å²) in [4.78, 5) is 28.4. The van der Waals surface area contributed by atoms with Gasteiger partial charge in [-0.15, -0.1) is 11.3 Å². The van der Waals surface area contributed by atoms with E-state index in [-0.39, 0.29) is 11.8 Å². The molecular weight excluding hydrogens is 264 g/mol. The third-order valence-corrected chi connectivity index (χ3v) is 4.17. The molecule has 5 nitrogen and oxygen atoms in total. The van der Waals surface area contributed by atoms with Crippen molar-refractivity contribution in [1.82, 2.24) is 9.80 Å². The Morgan fingerprint density at radius 2 is 1.89 bits per heavy atom. The molecule has 0 N–H and O–H groups in total. The van der Waals surface area contributed by atoms with Gasteiger partial charge in [-0.1, -0.05) is 6.07 Å². The van der Waals surface area contributed by atoms with Crippen molar-refractivity contribution in [3.8, 4) is 0 Å². The number of methoxy groups -OCH3 is 1. The Bertz CT molecular complexity index is 439. The van der Waals surface area contributed by atoms with Gasteiger partial charge < -0.3 is 14.5 Å². The smallest absolute Gasteiger partial charge is 0.264 e. The summed E-state index contributed by atoms with van der Waals surface area (Å²) < 4.78 is 5.03. The average molecular weight is 282 g/mol. The van der Waals surface area contributed by atoms with Gasteiger partial charge in [-0.05, 0) is 18.4 Å². The fourth-order valence-electron chi connectivity index (χ4n) is 2.04. The monoisotopic (exact) mass is 282 g/mol. The first-order valence-electron chi connectivity index (χ1n) is 6.28. The lowest BCUT2D eigenvalue weighted by Crippen LogP contribution is -2.52. The number of hydrogen-bond acceptors (Lipinski definition) is 4. The summed E-state index contributed by atoms with van der Waals surface area (Å²) in [5.41, 5.74) is 0. The van der Waals surface area contributed by atoms with Crippen LogP contribution in [0.25, 0.3) is 0 Å². The zero-order valence-corrected chi connectivity index (χ0v) is 12.0. The Kier molecular flexibility index (Phi) is 4.55. The molecule has 1 aromatic rings. The van der Waals surface area contributed by atoms with Crippen LogP contribution < -0.4 is 0 Å². The normalized spacial score (nSPS) is 17.4. The number of carbonyl (C=O) groups excluding carboxylic acids is 2. The molecule has 1 aliphatic rings. The van der Waals surface area contributed by atoms with Crippen LogP contribution >= 0.6 is 11.3 Å². The van der Waals surface area contributed by atoms with Crippen LogP contribution in [0.4, 0.5) is 0 Å². The third-order valence-electron chi connectivity index (χ3n) is 3.31. The van der Waals surface area contributed by atoms with E-state index in [1.807, 2.05) is 17.5 Å². The molecule has 1 aromatic heterocycles. The first kappa shape index (κ1) is 14.0. The number of hydrogen-bond donors (Lipinski definition) is 0. The van der Waals surface area contributed by atoms with Gasteiger partial charge in [-0.2, -0.15) is 0 Å². The predicted octanol–water partition coefficient (Wildman–Crippen LogP) is 1.07. The van der Waals surface area contributed by atoms with Gasteiger partial charge in [-0.3, -0.25) is 9.59 Å². The molecule has 0 aliphatic carbocycles. The molecule has 0 aromatic carbocycles. The second kappa shape index (κ2) is 6.16. The summed E-state index contributed by atoms with van der Waals surface area (Å²) in [6.07, 6.45) is -0.417. The lowest BCUT2D eigenvalue weighted by Gasteiger charge is -2.35. The van der Waals surface area contributed by atoms with Gasteiger partial charge in [-0.25, -0.2) is 0 Å². The van der Waals surface area contributed by atoms with Gasteiger partial charge in [0.1, 0.15) is 6.10 Å². The summed E-state index contributed by atoms with van der Waals surface area (Å²) in [5, 5.41) is 1.90. The van der Waals surface area contributed by atoms with E-state index in [0.717, 1.165) is 4.88 Å². The van der Waals surface area contributed by atoms with Crippen molar-refractivity contribution in [2.45, 2.75) is 13.0 Å². The maximum absolute atomic E-state index is 12.1. The Balaban J connectivity index is 1.89. The summed E-state index contributed by atoms with van der Waals surface area (Å²) in [7, 11) is 1.53. The zero-order valence-electron chi connectivity index (χ0n) is 11.2. The van der Waals surface area contributed by atoms with Crippen LogP contribution in [0.5, 0.6) is 0 Å². The van der Waals surface area contributed by atoms with Gasteiger partial charge in [0.15, 0.2) is 0 Å². The van der Waals surface area contributed by atoms with Gasteiger partial charge in [0, 0.05) is 33.3 Å². The first-order chi connectivity index (χ1) is 9.13. The van der Waals surface area contributed by atoms with Gasteiger partial charge in [0.05, 0.1) is 4.88 Å². The molecule has 1 saturated heterocycles. The van der Waals surface area contributed by atoms with E-state index in [2.05, 4.69) is 0 Å². The zero-order chi connectivity index (χ0) is 13.8. The van der Waals surface area contributed by atoms with Crippen LogP contribution in [-0.2, 0) is 9.53 Å². The number of amides is 2. The molecule has 19 heavy (non-hydrogen) atoms. The number of carbonyl (C=O) groups is 2. The second-order valence-electron chi connectivity index (χ2n) is 4.47. The van der Waals surface area contributed by atoms with Crippen LogP contribution in [0.3, 0.4) is 0 Å². The van der Waals surface area contributed by atoms with Gasteiger partial charge >= 0.3 is 0 Å². The summed E-state index contributed by atoms with van der Waals surface area (Å²) in [6, 6.07) is 3.70. The Labute approximate surface area is 116 Å². The van der Waals surface area contributed by atoms with E-state index in [9.17, 15) is 9.59 Å². The van der Waals surface area contributed by atoms with Crippen molar-refractivity contribution in [1.29, 1.82) is 0 Å². The molecule has 2 heterocycles. The Hall–Kier alpha value is -1.40. The van der Waals surface area contributed by atoms with E-state index >= 15 is 0 Å². The van der Waals surface area contributed by atoms with Crippen molar-refractivity contribution < 1.29 is 14.3 Å². The summed E-state index contributed by atoms with van der Waals surface area (Å²) in [6.45, 7) is 4.05. The predicted molar refractivity (Wildman–Crippen MR) is 73.3 cm³/mol. The highest BCUT2D eigenvalue weighted by atomic mass is 32.1. The van der Waals surface area contributed by atoms with E-state index in [1.54, 1.807) is 16.7 Å². The van der Waals surface area contributed by atoms with Crippen LogP contribution in [0.15, 0.2) is 17.5 Å².